The molecular formula is C12H10BrN3S. The van der Waals surface area contributed by atoms with E-state index in [1.807, 2.05) is 23.0 Å². The average Bonchev–Trinajstić information content (AvgIpc) is 2.81. The van der Waals surface area contributed by atoms with E-state index in [-0.39, 0.29) is 0 Å². The maximum Gasteiger partial charge on any atom is 0.0992 e. The second-order valence-corrected chi connectivity index (χ2v) is 5.13. The molecule has 0 aliphatic heterocycles. The smallest absolute Gasteiger partial charge is 0.0992 e. The van der Waals surface area contributed by atoms with Crippen molar-refractivity contribution < 1.29 is 0 Å². The Kier molecular flexibility index (Phi) is 4.13. The molecule has 0 radical (unpaired) electrons. The predicted molar refractivity (Wildman–Crippen MR) is 73.2 cm³/mol. The molecule has 1 N–H and O–H groups in total. The molecule has 86 valence electrons. The molecule has 0 saturated heterocycles. The van der Waals surface area contributed by atoms with Gasteiger partial charge in [-0.3, -0.25) is 0 Å². The Morgan fingerprint density at radius 1 is 1.41 bits per heavy atom. The van der Waals surface area contributed by atoms with Crippen LogP contribution in [0.3, 0.4) is 0 Å². The van der Waals surface area contributed by atoms with Crippen LogP contribution < -0.4 is 5.32 Å². The minimum Gasteiger partial charge on any atom is -0.385 e. The molecule has 0 aliphatic carbocycles. The zero-order chi connectivity index (χ0) is 12.1. The summed E-state index contributed by atoms with van der Waals surface area (Å²) in [4.78, 5) is 4.22. The number of hydrogen-bond donors (Lipinski definition) is 1. The molecular weight excluding hydrogens is 298 g/mol. The Labute approximate surface area is 112 Å². The van der Waals surface area contributed by atoms with Gasteiger partial charge in [0.15, 0.2) is 0 Å². The van der Waals surface area contributed by atoms with Gasteiger partial charge in [0.05, 0.1) is 22.8 Å². The standard InChI is InChI=1S/C12H10BrN3S/c13-10-3-9(6-14)4-12(5-10)15-2-1-11-7-17-8-16-11/h3-5,7-8,15H,1-2H2. The number of nitriles is 1. The van der Waals surface area contributed by atoms with E-state index < -0.39 is 0 Å². The molecule has 0 spiro atoms. The second kappa shape index (κ2) is 5.80. The summed E-state index contributed by atoms with van der Waals surface area (Å²) in [7, 11) is 0. The van der Waals surface area contributed by atoms with Gasteiger partial charge in [-0.1, -0.05) is 15.9 Å². The minimum absolute atomic E-state index is 0.649. The molecule has 0 fully saturated rings. The van der Waals surface area contributed by atoms with Gasteiger partial charge in [-0.15, -0.1) is 11.3 Å². The fraction of sp³-hybridized carbons (Fsp3) is 0.167. The van der Waals surface area contributed by atoms with Crippen molar-refractivity contribution in [2.24, 2.45) is 0 Å². The normalized spacial score (nSPS) is 9.88. The number of aromatic nitrogens is 1. The molecule has 0 unspecified atom stereocenters. The Balaban J connectivity index is 1.95. The zero-order valence-corrected chi connectivity index (χ0v) is 11.4. The van der Waals surface area contributed by atoms with E-state index in [4.69, 9.17) is 5.26 Å². The summed E-state index contributed by atoms with van der Waals surface area (Å²) in [5.41, 5.74) is 4.53. The van der Waals surface area contributed by atoms with Gasteiger partial charge in [-0.25, -0.2) is 4.98 Å². The summed E-state index contributed by atoms with van der Waals surface area (Å²) < 4.78 is 0.910. The molecule has 0 atom stereocenters. The minimum atomic E-state index is 0.649. The zero-order valence-electron chi connectivity index (χ0n) is 8.98. The Morgan fingerprint density at radius 2 is 2.29 bits per heavy atom. The van der Waals surface area contributed by atoms with Crippen LogP contribution in [0.2, 0.25) is 0 Å². The van der Waals surface area contributed by atoms with Crippen molar-refractivity contribution in [2.45, 2.75) is 6.42 Å². The molecule has 1 aromatic carbocycles. The van der Waals surface area contributed by atoms with Crippen molar-refractivity contribution in [1.82, 2.24) is 4.98 Å². The van der Waals surface area contributed by atoms with Crippen LogP contribution in [0, 0.1) is 11.3 Å². The highest BCUT2D eigenvalue weighted by Crippen LogP contribution is 2.19. The lowest BCUT2D eigenvalue weighted by molar-refractivity contribution is 0.977. The fourth-order valence-electron chi connectivity index (χ4n) is 1.45. The summed E-state index contributed by atoms with van der Waals surface area (Å²) in [6.45, 7) is 0.811. The number of nitrogens with zero attached hydrogens (tertiary/aromatic N) is 2. The summed E-state index contributed by atoms with van der Waals surface area (Å²) in [6, 6.07) is 7.73. The van der Waals surface area contributed by atoms with Crippen LogP contribution >= 0.6 is 27.3 Å². The van der Waals surface area contributed by atoms with Gasteiger partial charge in [-0.2, -0.15) is 5.26 Å². The number of anilines is 1. The highest BCUT2D eigenvalue weighted by Gasteiger charge is 1.99. The fourth-order valence-corrected chi connectivity index (χ4v) is 2.54. The van der Waals surface area contributed by atoms with Crippen LogP contribution in [0.4, 0.5) is 5.69 Å². The maximum absolute atomic E-state index is 8.85. The molecule has 1 aromatic heterocycles. The molecule has 5 heteroatoms. The number of benzene rings is 1. The predicted octanol–water partition coefficient (Wildman–Crippen LogP) is 3.43. The van der Waals surface area contributed by atoms with Crippen LogP contribution in [-0.2, 0) is 6.42 Å². The summed E-state index contributed by atoms with van der Waals surface area (Å²) in [5, 5.41) is 14.2. The molecule has 2 aromatic rings. The van der Waals surface area contributed by atoms with Gasteiger partial charge in [-0.05, 0) is 18.2 Å². The molecule has 0 saturated carbocycles. The second-order valence-electron chi connectivity index (χ2n) is 3.50. The van der Waals surface area contributed by atoms with Gasteiger partial charge >= 0.3 is 0 Å². The van der Waals surface area contributed by atoms with Crippen molar-refractivity contribution in [1.29, 1.82) is 5.26 Å². The number of nitrogens with one attached hydrogen (secondary N) is 1. The largest absolute Gasteiger partial charge is 0.385 e. The third-order valence-electron chi connectivity index (χ3n) is 2.22. The number of rotatable bonds is 4. The molecule has 17 heavy (non-hydrogen) atoms. The number of halogens is 1. The summed E-state index contributed by atoms with van der Waals surface area (Å²) >= 11 is 4.99. The van der Waals surface area contributed by atoms with E-state index in [0.29, 0.717) is 5.56 Å². The Hall–Kier alpha value is -1.38. The molecule has 0 bridgehead atoms. The van der Waals surface area contributed by atoms with Crippen molar-refractivity contribution in [3.8, 4) is 6.07 Å². The number of thiazole rings is 1. The maximum atomic E-state index is 8.85. The third kappa shape index (κ3) is 3.55. The third-order valence-corrected chi connectivity index (χ3v) is 3.31. The first-order valence-corrected chi connectivity index (χ1v) is 6.83. The molecule has 0 amide bonds. The van der Waals surface area contributed by atoms with Gasteiger partial charge in [0.2, 0.25) is 0 Å². The SMILES string of the molecule is N#Cc1cc(Br)cc(NCCc2cscn2)c1. The van der Waals surface area contributed by atoms with Crippen LogP contribution in [0.5, 0.6) is 0 Å². The van der Waals surface area contributed by atoms with E-state index in [1.54, 1.807) is 17.4 Å². The Bertz CT molecular complexity index is 531. The van der Waals surface area contributed by atoms with E-state index in [2.05, 4.69) is 32.3 Å². The van der Waals surface area contributed by atoms with Crippen LogP contribution in [-0.4, -0.2) is 11.5 Å². The summed E-state index contributed by atoms with van der Waals surface area (Å²) in [5.74, 6) is 0. The first-order chi connectivity index (χ1) is 8.28. The Morgan fingerprint density at radius 3 is 3.00 bits per heavy atom. The molecule has 2 rings (SSSR count). The molecule has 3 nitrogen and oxygen atoms in total. The van der Waals surface area contributed by atoms with Gasteiger partial charge in [0, 0.05) is 28.5 Å². The lowest BCUT2D eigenvalue weighted by atomic mass is 10.2. The van der Waals surface area contributed by atoms with Gasteiger partial charge in [0.1, 0.15) is 0 Å². The van der Waals surface area contributed by atoms with Crippen LogP contribution in [0.1, 0.15) is 11.3 Å². The lowest BCUT2D eigenvalue weighted by Crippen LogP contribution is -2.05. The first kappa shape index (κ1) is 12.1. The molecule has 1 heterocycles. The first-order valence-electron chi connectivity index (χ1n) is 5.09. The monoisotopic (exact) mass is 307 g/mol. The van der Waals surface area contributed by atoms with E-state index in [0.717, 1.165) is 28.8 Å². The van der Waals surface area contributed by atoms with E-state index >= 15 is 0 Å². The van der Waals surface area contributed by atoms with Gasteiger partial charge < -0.3 is 5.32 Å². The van der Waals surface area contributed by atoms with Crippen molar-refractivity contribution in [2.75, 3.05) is 11.9 Å². The van der Waals surface area contributed by atoms with Gasteiger partial charge in [0.25, 0.3) is 0 Å². The highest BCUT2D eigenvalue weighted by atomic mass is 79.9. The quantitative estimate of drug-likeness (QED) is 0.941. The van der Waals surface area contributed by atoms with Crippen molar-refractivity contribution in [3.05, 3.63) is 44.8 Å². The van der Waals surface area contributed by atoms with E-state index in [9.17, 15) is 0 Å². The number of hydrogen-bond acceptors (Lipinski definition) is 4. The molecule has 0 aliphatic rings. The van der Waals surface area contributed by atoms with Crippen molar-refractivity contribution in [3.63, 3.8) is 0 Å². The van der Waals surface area contributed by atoms with Crippen LogP contribution in [0.15, 0.2) is 33.6 Å². The average molecular weight is 308 g/mol. The highest BCUT2D eigenvalue weighted by molar-refractivity contribution is 9.10. The topological polar surface area (TPSA) is 48.7 Å². The van der Waals surface area contributed by atoms with E-state index in [1.165, 1.54) is 0 Å². The van der Waals surface area contributed by atoms with Crippen molar-refractivity contribution >= 4 is 33.0 Å². The summed E-state index contributed by atoms with van der Waals surface area (Å²) in [6.07, 6.45) is 0.887. The van der Waals surface area contributed by atoms with Crippen LogP contribution in [0.25, 0.3) is 0 Å². The lowest BCUT2D eigenvalue weighted by Gasteiger charge is -2.06.